The Kier molecular flexibility index (Phi) is 3.98. The number of likely N-dealkylation sites (tertiary alicyclic amines) is 1. The molecule has 1 aliphatic heterocycles. The van der Waals surface area contributed by atoms with Crippen molar-refractivity contribution < 1.29 is 14.7 Å². The third-order valence-electron chi connectivity index (χ3n) is 3.73. The van der Waals surface area contributed by atoms with Crippen molar-refractivity contribution in [1.82, 2.24) is 14.5 Å². The summed E-state index contributed by atoms with van der Waals surface area (Å²) < 4.78 is 3.66. The molecule has 1 saturated heterocycles. The van der Waals surface area contributed by atoms with Crippen molar-refractivity contribution in [2.45, 2.75) is 26.2 Å². The maximum Gasteiger partial charge on any atom is 0.322 e. The molecule has 2 N–H and O–H groups in total. The van der Waals surface area contributed by atoms with E-state index in [-0.39, 0.29) is 6.03 Å². The molecular formula is C11H16N4O3S. The van der Waals surface area contributed by atoms with Gasteiger partial charge in [-0.3, -0.25) is 10.1 Å². The lowest BCUT2D eigenvalue weighted by molar-refractivity contribution is -0.151. The van der Waals surface area contributed by atoms with Gasteiger partial charge in [0.15, 0.2) is 0 Å². The molecule has 104 valence electrons. The standard InChI is InChI=1S/C11H16N4O3S/c1-2-11(9(16)17)3-5-15(6-4-11)10(18)13-8-7-12-14-19-8/h7H,2-6H2,1H3,(H,13,18)(H,16,17). The first-order chi connectivity index (χ1) is 9.07. The van der Waals surface area contributed by atoms with Gasteiger partial charge in [0.1, 0.15) is 5.00 Å². The van der Waals surface area contributed by atoms with Crippen LogP contribution >= 0.6 is 11.5 Å². The number of carbonyl (C=O) groups excluding carboxylic acids is 1. The van der Waals surface area contributed by atoms with Gasteiger partial charge in [-0.25, -0.2) is 4.79 Å². The minimum Gasteiger partial charge on any atom is -0.481 e. The number of amides is 2. The highest BCUT2D eigenvalue weighted by Gasteiger charge is 2.40. The van der Waals surface area contributed by atoms with E-state index in [0.29, 0.717) is 37.4 Å². The number of aliphatic carboxylic acids is 1. The van der Waals surface area contributed by atoms with Crippen LogP contribution in [0.2, 0.25) is 0 Å². The number of hydrogen-bond acceptors (Lipinski definition) is 5. The molecule has 2 amide bonds. The topological polar surface area (TPSA) is 95.4 Å². The van der Waals surface area contributed by atoms with Gasteiger partial charge in [0.25, 0.3) is 0 Å². The zero-order valence-electron chi connectivity index (χ0n) is 10.6. The summed E-state index contributed by atoms with van der Waals surface area (Å²) in [5, 5.41) is 16.2. The Morgan fingerprint density at radius 2 is 2.21 bits per heavy atom. The summed E-state index contributed by atoms with van der Waals surface area (Å²) >= 11 is 1.11. The van der Waals surface area contributed by atoms with Gasteiger partial charge in [0.2, 0.25) is 0 Å². The van der Waals surface area contributed by atoms with Crippen molar-refractivity contribution in [3.63, 3.8) is 0 Å². The SMILES string of the molecule is CCC1(C(=O)O)CCN(C(=O)Nc2cnns2)CC1. The van der Waals surface area contributed by atoms with Gasteiger partial charge >= 0.3 is 12.0 Å². The molecule has 19 heavy (non-hydrogen) atoms. The van der Waals surface area contributed by atoms with Crippen molar-refractivity contribution in [3.05, 3.63) is 6.20 Å². The normalized spacial score (nSPS) is 18.1. The first-order valence-electron chi connectivity index (χ1n) is 6.14. The molecule has 0 aliphatic carbocycles. The molecule has 0 aromatic carbocycles. The molecule has 0 radical (unpaired) electrons. The molecular weight excluding hydrogens is 268 g/mol. The first-order valence-corrected chi connectivity index (χ1v) is 6.91. The quantitative estimate of drug-likeness (QED) is 0.879. The van der Waals surface area contributed by atoms with Crippen LogP contribution in [0.15, 0.2) is 6.20 Å². The maximum absolute atomic E-state index is 12.0. The fourth-order valence-electron chi connectivity index (χ4n) is 2.26. The van der Waals surface area contributed by atoms with E-state index in [1.807, 2.05) is 6.92 Å². The zero-order chi connectivity index (χ0) is 13.9. The minimum atomic E-state index is -0.762. The highest BCUT2D eigenvalue weighted by molar-refractivity contribution is 7.10. The Morgan fingerprint density at radius 3 is 2.68 bits per heavy atom. The molecule has 0 spiro atoms. The van der Waals surface area contributed by atoms with E-state index in [9.17, 15) is 14.7 Å². The largest absolute Gasteiger partial charge is 0.481 e. The fourth-order valence-corrected chi connectivity index (χ4v) is 2.67. The van der Waals surface area contributed by atoms with Crippen LogP contribution in [0, 0.1) is 5.41 Å². The van der Waals surface area contributed by atoms with Crippen LogP contribution in [-0.2, 0) is 4.79 Å². The van der Waals surface area contributed by atoms with Crippen LogP contribution in [0.4, 0.5) is 9.80 Å². The van der Waals surface area contributed by atoms with Gasteiger partial charge in [-0.15, -0.1) is 5.10 Å². The molecule has 8 heteroatoms. The van der Waals surface area contributed by atoms with Gasteiger partial charge < -0.3 is 10.0 Å². The summed E-state index contributed by atoms with van der Waals surface area (Å²) in [5.74, 6) is -0.762. The number of nitrogens with one attached hydrogen (secondary N) is 1. The van der Waals surface area contributed by atoms with Crippen LogP contribution in [0.5, 0.6) is 0 Å². The predicted octanol–water partition coefficient (Wildman–Crippen LogP) is 1.65. The molecule has 7 nitrogen and oxygen atoms in total. The van der Waals surface area contributed by atoms with E-state index in [1.165, 1.54) is 6.20 Å². The number of carboxylic acids is 1. The summed E-state index contributed by atoms with van der Waals surface area (Å²) in [4.78, 5) is 24.9. The molecule has 2 heterocycles. The van der Waals surface area contributed by atoms with Crippen LogP contribution < -0.4 is 5.32 Å². The lowest BCUT2D eigenvalue weighted by atomic mass is 9.76. The third-order valence-corrected chi connectivity index (χ3v) is 4.31. The third kappa shape index (κ3) is 2.83. The highest BCUT2D eigenvalue weighted by atomic mass is 32.1. The lowest BCUT2D eigenvalue weighted by Gasteiger charge is -2.38. The van der Waals surface area contributed by atoms with Crippen molar-refractivity contribution >= 4 is 28.5 Å². The predicted molar refractivity (Wildman–Crippen MR) is 70.1 cm³/mol. The number of anilines is 1. The van der Waals surface area contributed by atoms with Gasteiger partial charge in [0.05, 0.1) is 11.6 Å². The summed E-state index contributed by atoms with van der Waals surface area (Å²) in [6.45, 7) is 2.79. The molecule has 0 atom stereocenters. The molecule has 0 bridgehead atoms. The number of rotatable bonds is 3. The Balaban J connectivity index is 1.92. The van der Waals surface area contributed by atoms with Crippen LogP contribution in [0.1, 0.15) is 26.2 Å². The highest BCUT2D eigenvalue weighted by Crippen LogP contribution is 2.35. The molecule has 1 fully saturated rings. The van der Waals surface area contributed by atoms with E-state index in [4.69, 9.17) is 0 Å². The van der Waals surface area contributed by atoms with E-state index < -0.39 is 11.4 Å². The Hall–Kier alpha value is -1.70. The maximum atomic E-state index is 12.0. The van der Waals surface area contributed by atoms with Crippen molar-refractivity contribution in [1.29, 1.82) is 0 Å². The van der Waals surface area contributed by atoms with Crippen molar-refractivity contribution in [2.24, 2.45) is 5.41 Å². The number of nitrogens with zero attached hydrogens (tertiary/aromatic N) is 3. The number of aromatic nitrogens is 2. The fraction of sp³-hybridized carbons (Fsp3) is 0.636. The second-order valence-corrected chi connectivity index (χ2v) is 5.42. The summed E-state index contributed by atoms with van der Waals surface area (Å²) in [5.41, 5.74) is -0.678. The van der Waals surface area contributed by atoms with Crippen LogP contribution in [0.25, 0.3) is 0 Å². The van der Waals surface area contributed by atoms with E-state index in [0.717, 1.165) is 11.5 Å². The second-order valence-electron chi connectivity index (χ2n) is 4.64. The van der Waals surface area contributed by atoms with Gasteiger partial charge in [0, 0.05) is 24.6 Å². The molecule has 1 aromatic heterocycles. The molecule has 1 aromatic rings. The number of urea groups is 1. The monoisotopic (exact) mass is 284 g/mol. The van der Waals surface area contributed by atoms with Gasteiger partial charge in [-0.2, -0.15) is 0 Å². The Bertz CT molecular complexity index is 455. The Morgan fingerprint density at radius 1 is 1.53 bits per heavy atom. The van der Waals surface area contributed by atoms with E-state index >= 15 is 0 Å². The number of carbonyl (C=O) groups is 2. The molecule has 2 rings (SSSR count). The minimum absolute atomic E-state index is 0.221. The summed E-state index contributed by atoms with van der Waals surface area (Å²) in [6, 6.07) is -0.221. The average Bonchev–Trinajstić information content (AvgIpc) is 2.91. The van der Waals surface area contributed by atoms with Gasteiger partial charge in [-0.05, 0) is 19.3 Å². The summed E-state index contributed by atoms with van der Waals surface area (Å²) in [7, 11) is 0. The number of piperidine rings is 1. The average molecular weight is 284 g/mol. The number of hydrogen-bond donors (Lipinski definition) is 2. The smallest absolute Gasteiger partial charge is 0.322 e. The molecule has 1 aliphatic rings. The van der Waals surface area contributed by atoms with E-state index in [2.05, 4.69) is 14.9 Å². The van der Waals surface area contributed by atoms with Crippen molar-refractivity contribution in [2.75, 3.05) is 18.4 Å². The van der Waals surface area contributed by atoms with Crippen molar-refractivity contribution in [3.8, 4) is 0 Å². The molecule has 0 saturated carbocycles. The zero-order valence-corrected chi connectivity index (χ0v) is 11.4. The second kappa shape index (κ2) is 5.52. The lowest BCUT2D eigenvalue weighted by Crippen LogP contribution is -2.47. The molecule has 0 unspecified atom stereocenters. The van der Waals surface area contributed by atoms with Crippen LogP contribution in [0.3, 0.4) is 0 Å². The van der Waals surface area contributed by atoms with Crippen LogP contribution in [-0.4, -0.2) is 44.7 Å². The Labute approximate surface area is 114 Å². The summed E-state index contributed by atoms with van der Waals surface area (Å²) in [6.07, 6.45) is 3.07. The first kappa shape index (κ1) is 13.7. The van der Waals surface area contributed by atoms with E-state index in [1.54, 1.807) is 4.90 Å². The van der Waals surface area contributed by atoms with Gasteiger partial charge in [-0.1, -0.05) is 11.4 Å². The number of carboxylic acid groups (broad SMARTS) is 1.